The minimum Gasteiger partial charge on any atom is -0.369 e. The van der Waals surface area contributed by atoms with Gasteiger partial charge in [0.05, 0.1) is 29.5 Å². The van der Waals surface area contributed by atoms with E-state index in [1.54, 1.807) is 0 Å². The van der Waals surface area contributed by atoms with E-state index in [1.807, 2.05) is 47.5 Å². The number of urea groups is 1. The number of sulfonamides is 1. The Balaban J connectivity index is 1.05. The Morgan fingerprint density at radius 3 is 2.24 bits per heavy atom. The number of anilines is 4. The number of benzene rings is 1. The molecular formula is C30H39N7O4S. The Morgan fingerprint density at radius 2 is 1.62 bits per heavy atom. The molecule has 1 saturated heterocycles. The zero-order valence-electron chi connectivity index (χ0n) is 24.0. The first-order valence-corrected chi connectivity index (χ1v) is 16.9. The van der Waals surface area contributed by atoms with Gasteiger partial charge in [0, 0.05) is 50.7 Å². The second kappa shape index (κ2) is 10.1. The van der Waals surface area contributed by atoms with Gasteiger partial charge in [-0.15, -0.1) is 0 Å². The average Bonchev–Trinajstić information content (AvgIpc) is 2.97. The Morgan fingerprint density at radius 1 is 0.929 bits per heavy atom. The molecule has 2 aliphatic heterocycles. The predicted octanol–water partition coefficient (Wildman–Crippen LogP) is 2.51. The van der Waals surface area contributed by atoms with Gasteiger partial charge in [-0.1, -0.05) is 12.1 Å². The maximum atomic E-state index is 13.8. The summed E-state index contributed by atoms with van der Waals surface area (Å²) in [5.74, 6) is 1.80. The fourth-order valence-electron chi connectivity index (χ4n) is 8.60. The molecule has 0 radical (unpaired) electrons. The molecule has 4 bridgehead atoms. The highest BCUT2D eigenvalue weighted by atomic mass is 32.2. The molecule has 224 valence electrons. The number of rotatable bonds is 5. The highest BCUT2D eigenvalue weighted by Gasteiger charge is 2.58. The molecule has 2 atom stereocenters. The Labute approximate surface area is 247 Å². The zero-order chi connectivity index (χ0) is 29.2. The predicted molar refractivity (Wildman–Crippen MR) is 161 cm³/mol. The number of pyridine rings is 1. The van der Waals surface area contributed by atoms with Crippen LogP contribution in [0, 0.1) is 23.2 Å². The van der Waals surface area contributed by atoms with Crippen molar-refractivity contribution in [2.24, 2.45) is 28.9 Å². The molecule has 4 saturated carbocycles. The highest BCUT2D eigenvalue weighted by molar-refractivity contribution is 7.88. The number of nitrogens with two attached hydrogens (primary N) is 1. The van der Waals surface area contributed by atoms with Gasteiger partial charge in [0.1, 0.15) is 5.82 Å². The molecule has 1 aromatic carbocycles. The van der Waals surface area contributed by atoms with Gasteiger partial charge in [-0.2, -0.15) is 4.31 Å². The summed E-state index contributed by atoms with van der Waals surface area (Å²) in [7, 11) is -3.18. The lowest BCUT2D eigenvalue weighted by Crippen LogP contribution is -2.63. The van der Waals surface area contributed by atoms with Gasteiger partial charge in [0.2, 0.25) is 15.9 Å². The zero-order valence-corrected chi connectivity index (χ0v) is 24.8. The number of carbonyl (C=O) groups is 2. The van der Waals surface area contributed by atoms with Crippen LogP contribution < -0.4 is 25.8 Å². The average molecular weight is 594 g/mol. The molecule has 1 aromatic heterocycles. The lowest BCUT2D eigenvalue weighted by molar-refractivity contribution is -0.145. The van der Waals surface area contributed by atoms with Crippen LogP contribution in [0.3, 0.4) is 0 Å². The van der Waals surface area contributed by atoms with Crippen LogP contribution in [0.2, 0.25) is 0 Å². The first-order valence-electron chi connectivity index (χ1n) is 15.0. The van der Waals surface area contributed by atoms with Crippen molar-refractivity contribution in [1.29, 1.82) is 0 Å². The van der Waals surface area contributed by atoms with Crippen molar-refractivity contribution >= 4 is 44.8 Å². The van der Waals surface area contributed by atoms with Crippen LogP contribution in [0.15, 0.2) is 42.6 Å². The van der Waals surface area contributed by atoms with E-state index < -0.39 is 10.0 Å². The topological polar surface area (TPSA) is 132 Å². The number of carbonyl (C=O) groups excluding carboxylic acids is 2. The molecule has 12 heteroatoms. The second-order valence-electron chi connectivity index (χ2n) is 12.9. The van der Waals surface area contributed by atoms with Gasteiger partial charge >= 0.3 is 6.03 Å². The van der Waals surface area contributed by atoms with Crippen LogP contribution in [0.5, 0.6) is 0 Å². The number of hydrogen-bond donors (Lipinski definition) is 2. The third kappa shape index (κ3) is 4.68. The lowest BCUT2D eigenvalue weighted by atomic mass is 9.47. The van der Waals surface area contributed by atoms with Crippen LogP contribution in [0.4, 0.5) is 27.7 Å². The lowest BCUT2D eigenvalue weighted by Gasteiger charge is -2.59. The molecule has 2 unspecified atom stereocenters. The largest absolute Gasteiger partial charge is 0.369 e. The van der Waals surface area contributed by atoms with Crippen LogP contribution in [0.25, 0.3) is 0 Å². The van der Waals surface area contributed by atoms with Gasteiger partial charge in [-0.05, 0) is 74.1 Å². The smallest absolute Gasteiger partial charge is 0.322 e. The second-order valence-corrected chi connectivity index (χ2v) is 14.9. The van der Waals surface area contributed by atoms with E-state index in [0.29, 0.717) is 57.0 Å². The fraction of sp³-hybridized carbons (Fsp3) is 0.567. The Bertz CT molecular complexity index is 1480. The molecule has 3 amide bonds. The van der Waals surface area contributed by atoms with Gasteiger partial charge < -0.3 is 20.9 Å². The Kier molecular flexibility index (Phi) is 6.61. The summed E-state index contributed by atoms with van der Waals surface area (Å²) in [5, 5.41) is 3.39. The van der Waals surface area contributed by atoms with Crippen molar-refractivity contribution in [3.8, 4) is 0 Å². The van der Waals surface area contributed by atoms with Crippen molar-refractivity contribution < 1.29 is 18.0 Å². The molecular weight excluding hydrogens is 554 g/mol. The van der Waals surface area contributed by atoms with Crippen LogP contribution >= 0.6 is 0 Å². The third-order valence-electron chi connectivity index (χ3n) is 10.4. The van der Waals surface area contributed by atoms with E-state index in [9.17, 15) is 18.0 Å². The maximum absolute atomic E-state index is 13.8. The number of aromatic nitrogens is 1. The van der Waals surface area contributed by atoms with Crippen molar-refractivity contribution in [2.75, 3.05) is 60.2 Å². The molecule has 11 nitrogen and oxygen atoms in total. The summed E-state index contributed by atoms with van der Waals surface area (Å²) >= 11 is 0. The van der Waals surface area contributed by atoms with E-state index in [1.165, 1.54) is 10.6 Å². The normalized spacial score (nSPS) is 30.7. The summed E-state index contributed by atoms with van der Waals surface area (Å²) in [4.78, 5) is 37.0. The molecule has 3 N–H and O–H groups in total. The third-order valence-corrected chi connectivity index (χ3v) is 11.7. The summed E-state index contributed by atoms with van der Waals surface area (Å²) in [6.07, 6.45) is 7.73. The first-order chi connectivity index (χ1) is 20.1. The van der Waals surface area contributed by atoms with Crippen molar-refractivity contribution in [2.45, 2.75) is 38.1 Å². The molecule has 5 fully saturated rings. The number of para-hydroxylation sites is 2. The molecule has 0 spiro atoms. The SMILES string of the molecule is CS(=O)(=O)N1CCN(c2ccc(N3CCN(C(=O)NC4C5CC6CC4CC(C(N)=O)(C6)C5)c4ccccc43)nc2)CC1. The van der Waals surface area contributed by atoms with E-state index in [4.69, 9.17) is 10.7 Å². The highest BCUT2D eigenvalue weighted by Crippen LogP contribution is 2.60. The van der Waals surface area contributed by atoms with Crippen LogP contribution in [-0.4, -0.2) is 81.2 Å². The van der Waals surface area contributed by atoms with E-state index in [-0.39, 0.29) is 23.4 Å². The van der Waals surface area contributed by atoms with Crippen molar-refractivity contribution in [3.05, 3.63) is 42.6 Å². The molecule has 4 aliphatic carbocycles. The van der Waals surface area contributed by atoms with E-state index in [0.717, 1.165) is 55.0 Å². The van der Waals surface area contributed by atoms with Crippen molar-refractivity contribution in [1.82, 2.24) is 14.6 Å². The summed E-state index contributed by atoms with van der Waals surface area (Å²) in [5.41, 5.74) is 8.24. The van der Waals surface area contributed by atoms with Gasteiger partial charge in [0.15, 0.2) is 0 Å². The first kappa shape index (κ1) is 27.5. The number of amides is 3. The number of nitrogens with zero attached hydrogens (tertiary/aromatic N) is 5. The Hall–Kier alpha value is -3.38. The van der Waals surface area contributed by atoms with E-state index in [2.05, 4.69) is 15.1 Å². The number of fused-ring (bicyclic) bond motifs is 1. The summed E-state index contributed by atoms with van der Waals surface area (Å²) in [6, 6.07) is 12.0. The number of nitrogens with one attached hydrogen (secondary N) is 1. The summed E-state index contributed by atoms with van der Waals surface area (Å²) < 4.78 is 25.2. The number of primary amides is 1. The molecule has 3 heterocycles. The molecule has 2 aromatic rings. The van der Waals surface area contributed by atoms with E-state index >= 15 is 0 Å². The minimum absolute atomic E-state index is 0.0794. The van der Waals surface area contributed by atoms with Gasteiger partial charge in [0.25, 0.3) is 0 Å². The summed E-state index contributed by atoms with van der Waals surface area (Å²) in [6.45, 7) is 3.30. The van der Waals surface area contributed by atoms with Gasteiger partial charge in [-0.3, -0.25) is 9.69 Å². The van der Waals surface area contributed by atoms with Crippen LogP contribution in [-0.2, 0) is 14.8 Å². The monoisotopic (exact) mass is 593 g/mol. The minimum atomic E-state index is -3.18. The number of piperazine rings is 1. The van der Waals surface area contributed by atoms with Crippen molar-refractivity contribution in [3.63, 3.8) is 0 Å². The molecule has 8 rings (SSSR count). The quantitative estimate of drug-likeness (QED) is 0.545. The van der Waals surface area contributed by atoms with Crippen LogP contribution in [0.1, 0.15) is 32.1 Å². The maximum Gasteiger partial charge on any atom is 0.322 e. The molecule has 6 aliphatic rings. The standard InChI is InChI=1S/C30H39N7O4S/c1-42(40,41)35-10-8-34(9-11-35)23-6-7-26(32-19-23)36-12-13-37(25-5-3-2-4-24(25)36)29(39)33-27-21-14-20-15-22(27)18-30(16-20,17-21)28(31)38/h2-7,19-22,27H,8-18H2,1H3,(H2,31,38)(H,33,39). The fourth-order valence-corrected chi connectivity index (χ4v) is 9.42. The molecule has 42 heavy (non-hydrogen) atoms. The number of hydrogen-bond acceptors (Lipinski definition) is 7. The van der Waals surface area contributed by atoms with Gasteiger partial charge in [-0.25, -0.2) is 18.2 Å².